The number of aliphatic imine (C=N–C) groups is 1. The molecular weight excluding hydrogens is 432 g/mol. The molecule has 0 spiro atoms. The number of alkyl halides is 6. The summed E-state index contributed by atoms with van der Waals surface area (Å²) in [6.45, 7) is 0.828. The van der Waals surface area contributed by atoms with E-state index in [-0.39, 0.29) is 12.6 Å². The predicted octanol–water partition coefficient (Wildman–Crippen LogP) is 3.27. The third kappa shape index (κ3) is 4.73. The van der Waals surface area contributed by atoms with E-state index in [1.54, 1.807) is 11.2 Å². The molecule has 2 aliphatic rings. The number of rotatable bonds is 4. The molecule has 0 radical (unpaired) electrons. The Morgan fingerprint density at radius 1 is 1.13 bits per heavy atom. The number of carbonyl (C=O) groups is 2. The van der Waals surface area contributed by atoms with Crippen molar-refractivity contribution in [2.45, 2.75) is 37.8 Å². The number of hydrogen-bond acceptors (Lipinski definition) is 6. The number of hydrogen-bond donors (Lipinski definition) is 1. The van der Waals surface area contributed by atoms with Crippen molar-refractivity contribution in [2.24, 2.45) is 4.99 Å². The first-order chi connectivity index (χ1) is 14.3. The SMILES string of the molecule is CC(=O)C1(C(=O)OCc2cc(C(F)(F)F)cc(C(F)(F)F)c2)C=C2CN=CCCN2N1. The van der Waals surface area contributed by atoms with Gasteiger partial charge in [0, 0.05) is 24.9 Å². The second kappa shape index (κ2) is 7.98. The van der Waals surface area contributed by atoms with Gasteiger partial charge in [0.25, 0.3) is 0 Å². The number of nitrogens with one attached hydrogen (secondary N) is 1. The fraction of sp³-hybridized carbons (Fsp3) is 0.421. The van der Waals surface area contributed by atoms with Crippen molar-refractivity contribution in [3.05, 3.63) is 46.7 Å². The van der Waals surface area contributed by atoms with Gasteiger partial charge in [0.15, 0.2) is 5.78 Å². The van der Waals surface area contributed by atoms with Crippen LogP contribution in [-0.2, 0) is 33.3 Å². The van der Waals surface area contributed by atoms with Gasteiger partial charge in [0.2, 0.25) is 5.54 Å². The largest absolute Gasteiger partial charge is 0.459 e. The Labute approximate surface area is 172 Å². The molecule has 1 aromatic rings. The third-order valence-electron chi connectivity index (χ3n) is 4.80. The van der Waals surface area contributed by atoms with Crippen molar-refractivity contribution in [3.63, 3.8) is 0 Å². The smallest absolute Gasteiger partial charge is 0.416 e. The van der Waals surface area contributed by atoms with Gasteiger partial charge in [-0.05, 0) is 36.8 Å². The highest BCUT2D eigenvalue weighted by atomic mass is 19.4. The van der Waals surface area contributed by atoms with Gasteiger partial charge in [-0.15, -0.1) is 0 Å². The van der Waals surface area contributed by atoms with Crippen LogP contribution in [0.3, 0.4) is 0 Å². The van der Waals surface area contributed by atoms with Crippen LogP contribution in [-0.4, -0.2) is 41.6 Å². The van der Waals surface area contributed by atoms with Crippen LogP contribution >= 0.6 is 0 Å². The lowest BCUT2D eigenvalue weighted by Crippen LogP contribution is -2.58. The molecule has 12 heteroatoms. The molecule has 1 aromatic carbocycles. The number of halogens is 6. The predicted molar refractivity (Wildman–Crippen MR) is 95.6 cm³/mol. The number of hydrazine groups is 1. The molecule has 1 unspecified atom stereocenters. The maximum atomic E-state index is 13.0. The molecular formula is C19H17F6N3O3. The zero-order chi connectivity index (χ0) is 23.0. The lowest BCUT2D eigenvalue weighted by molar-refractivity contribution is -0.155. The molecule has 0 bridgehead atoms. The standard InChI is InChI=1S/C19H17F6N3O3/c1-11(29)17(8-15-9-26-3-2-4-28(15)27-17)16(30)31-10-12-5-13(18(20,21)22)7-14(6-12)19(23,24)25/h3,5-8,27H,2,4,9-10H2,1H3. The molecule has 0 aliphatic carbocycles. The lowest BCUT2D eigenvalue weighted by atomic mass is 9.95. The molecule has 0 aromatic heterocycles. The third-order valence-corrected chi connectivity index (χ3v) is 4.80. The Balaban J connectivity index is 1.85. The van der Waals surface area contributed by atoms with Crippen molar-refractivity contribution in [1.29, 1.82) is 0 Å². The molecule has 31 heavy (non-hydrogen) atoms. The first-order valence-electron chi connectivity index (χ1n) is 9.05. The van der Waals surface area contributed by atoms with Crippen LogP contribution in [0.25, 0.3) is 0 Å². The van der Waals surface area contributed by atoms with Gasteiger partial charge in [0.05, 0.1) is 17.7 Å². The van der Waals surface area contributed by atoms with Crippen molar-refractivity contribution in [3.8, 4) is 0 Å². The summed E-state index contributed by atoms with van der Waals surface area (Å²) in [6, 6.07) is 0.907. The van der Waals surface area contributed by atoms with E-state index in [2.05, 4.69) is 10.4 Å². The Morgan fingerprint density at radius 3 is 2.29 bits per heavy atom. The summed E-state index contributed by atoms with van der Waals surface area (Å²) in [5.41, 5.74) is -2.24. The molecule has 2 aliphatic heterocycles. The minimum atomic E-state index is -5.03. The van der Waals surface area contributed by atoms with E-state index in [4.69, 9.17) is 4.74 Å². The van der Waals surface area contributed by atoms with E-state index in [0.29, 0.717) is 30.8 Å². The highest BCUT2D eigenvalue weighted by Crippen LogP contribution is 2.36. The molecule has 1 N–H and O–H groups in total. The minimum absolute atomic E-state index is 0.0210. The number of fused-ring (bicyclic) bond motifs is 1. The first-order valence-corrected chi connectivity index (χ1v) is 9.05. The monoisotopic (exact) mass is 449 g/mol. The number of Topliss-reactive ketones (excluding diaryl/α,β-unsaturated/α-hetero) is 1. The van der Waals surface area contributed by atoms with Crippen molar-refractivity contribution in [2.75, 3.05) is 13.1 Å². The molecule has 168 valence electrons. The number of carbonyl (C=O) groups excluding carboxylic acids is 2. The topological polar surface area (TPSA) is 71.0 Å². The lowest BCUT2D eigenvalue weighted by Gasteiger charge is -2.27. The summed E-state index contributed by atoms with van der Waals surface area (Å²) in [4.78, 5) is 29.1. The molecule has 0 saturated carbocycles. The second-order valence-corrected chi connectivity index (χ2v) is 7.07. The van der Waals surface area contributed by atoms with Crippen LogP contribution in [0.1, 0.15) is 30.0 Å². The average molecular weight is 449 g/mol. The van der Waals surface area contributed by atoms with E-state index in [1.807, 2.05) is 0 Å². The van der Waals surface area contributed by atoms with Crippen molar-refractivity contribution >= 4 is 18.0 Å². The summed E-state index contributed by atoms with van der Waals surface area (Å²) >= 11 is 0. The van der Waals surface area contributed by atoms with E-state index < -0.39 is 52.9 Å². The van der Waals surface area contributed by atoms with E-state index >= 15 is 0 Å². The summed E-state index contributed by atoms with van der Waals surface area (Å²) in [6.07, 6.45) is -6.52. The van der Waals surface area contributed by atoms with Crippen LogP contribution in [0.4, 0.5) is 26.3 Å². The quantitative estimate of drug-likeness (QED) is 0.434. The van der Waals surface area contributed by atoms with Gasteiger partial charge < -0.3 is 9.75 Å². The Morgan fingerprint density at radius 2 is 1.74 bits per heavy atom. The fourth-order valence-electron chi connectivity index (χ4n) is 3.21. The molecule has 0 saturated heterocycles. The van der Waals surface area contributed by atoms with E-state index in [1.165, 1.54) is 6.08 Å². The summed E-state index contributed by atoms with van der Waals surface area (Å²) in [5.74, 6) is -1.79. The minimum Gasteiger partial charge on any atom is -0.459 e. The molecule has 0 amide bonds. The number of esters is 1. The number of benzene rings is 1. The fourth-order valence-corrected chi connectivity index (χ4v) is 3.21. The van der Waals surface area contributed by atoms with Gasteiger partial charge in [-0.2, -0.15) is 26.3 Å². The average Bonchev–Trinajstić information content (AvgIpc) is 2.91. The summed E-state index contributed by atoms with van der Waals surface area (Å²) in [5, 5.41) is 1.54. The Kier molecular flexibility index (Phi) is 5.87. The van der Waals surface area contributed by atoms with Crippen molar-refractivity contribution < 1.29 is 40.7 Å². The van der Waals surface area contributed by atoms with Crippen LogP contribution in [0.15, 0.2) is 35.0 Å². The maximum Gasteiger partial charge on any atom is 0.416 e. The van der Waals surface area contributed by atoms with Gasteiger partial charge in [-0.3, -0.25) is 9.79 Å². The van der Waals surface area contributed by atoms with Gasteiger partial charge in [-0.25, -0.2) is 10.2 Å². The highest BCUT2D eigenvalue weighted by Gasteiger charge is 2.49. The van der Waals surface area contributed by atoms with Gasteiger partial charge in [-0.1, -0.05) is 0 Å². The Hall–Kier alpha value is -2.89. The molecule has 3 rings (SSSR count). The van der Waals surface area contributed by atoms with Crippen LogP contribution < -0.4 is 5.43 Å². The highest BCUT2D eigenvalue weighted by molar-refractivity contribution is 6.10. The van der Waals surface area contributed by atoms with E-state index in [9.17, 15) is 35.9 Å². The maximum absolute atomic E-state index is 13.0. The molecule has 2 heterocycles. The number of nitrogens with zero attached hydrogens (tertiary/aromatic N) is 2. The summed E-state index contributed by atoms with van der Waals surface area (Å²) in [7, 11) is 0. The molecule has 1 atom stereocenters. The molecule has 0 fully saturated rings. The first kappa shape index (κ1) is 22.8. The number of ketones is 1. The number of ether oxygens (including phenoxy) is 1. The Bertz CT molecular complexity index is 922. The zero-order valence-electron chi connectivity index (χ0n) is 16.1. The summed E-state index contributed by atoms with van der Waals surface area (Å²) < 4.78 is 83.0. The van der Waals surface area contributed by atoms with Gasteiger partial charge in [0.1, 0.15) is 6.61 Å². The normalized spacial score (nSPS) is 21.4. The van der Waals surface area contributed by atoms with Crippen LogP contribution in [0, 0.1) is 0 Å². The molecule has 6 nitrogen and oxygen atoms in total. The zero-order valence-corrected chi connectivity index (χ0v) is 16.1. The van der Waals surface area contributed by atoms with Crippen LogP contribution in [0.5, 0.6) is 0 Å². The van der Waals surface area contributed by atoms with Gasteiger partial charge >= 0.3 is 18.3 Å². The van der Waals surface area contributed by atoms with Crippen molar-refractivity contribution in [1.82, 2.24) is 10.4 Å². The second-order valence-electron chi connectivity index (χ2n) is 7.07. The van der Waals surface area contributed by atoms with Crippen LogP contribution in [0.2, 0.25) is 0 Å². The van der Waals surface area contributed by atoms with E-state index in [0.717, 1.165) is 6.92 Å².